The predicted molar refractivity (Wildman–Crippen MR) is 69.5 cm³/mol. The van der Waals surface area contributed by atoms with Gasteiger partial charge in [0.05, 0.1) is 25.0 Å². The Labute approximate surface area is 108 Å². The molecular weight excluding hydrogens is 230 g/mol. The van der Waals surface area contributed by atoms with Gasteiger partial charge in [-0.05, 0) is 20.8 Å². The summed E-state index contributed by atoms with van der Waals surface area (Å²) >= 11 is 0. The fourth-order valence-electron chi connectivity index (χ4n) is 2.49. The molecule has 0 unspecified atom stereocenters. The molecule has 5 nitrogen and oxygen atoms in total. The smallest absolute Gasteiger partial charge is 0.0900 e. The van der Waals surface area contributed by atoms with Gasteiger partial charge in [0.15, 0.2) is 0 Å². The van der Waals surface area contributed by atoms with Crippen LogP contribution in [0.2, 0.25) is 0 Å². The molecule has 1 atom stereocenters. The van der Waals surface area contributed by atoms with Gasteiger partial charge in [0.25, 0.3) is 0 Å². The lowest BCUT2D eigenvalue weighted by molar-refractivity contribution is 0.0562. The maximum atomic E-state index is 9.74. The van der Waals surface area contributed by atoms with E-state index in [0.717, 1.165) is 25.3 Å². The van der Waals surface area contributed by atoms with Gasteiger partial charge in [0.2, 0.25) is 0 Å². The van der Waals surface area contributed by atoms with Crippen molar-refractivity contribution >= 4 is 0 Å². The minimum Gasteiger partial charge on any atom is -0.389 e. The Morgan fingerprint density at radius 3 is 2.89 bits per heavy atom. The lowest BCUT2D eigenvalue weighted by Gasteiger charge is -2.21. The van der Waals surface area contributed by atoms with E-state index in [1.807, 2.05) is 4.68 Å². The second-order valence-electron chi connectivity index (χ2n) is 4.93. The number of aliphatic hydroxyl groups excluding tert-OH is 1. The summed E-state index contributed by atoms with van der Waals surface area (Å²) in [6.45, 7) is 10.7. The first-order valence-electron chi connectivity index (χ1n) is 6.62. The van der Waals surface area contributed by atoms with Crippen molar-refractivity contribution in [1.29, 1.82) is 0 Å². The number of rotatable bonds is 3. The number of nitrogens with zero attached hydrogens (tertiary/aromatic N) is 3. The van der Waals surface area contributed by atoms with Gasteiger partial charge in [-0.2, -0.15) is 5.10 Å². The van der Waals surface area contributed by atoms with Crippen LogP contribution in [0.5, 0.6) is 0 Å². The second-order valence-corrected chi connectivity index (χ2v) is 4.93. The standard InChI is InChI=1S/C13H23N3O2/c1-4-16-11(3)13(10(2)14-16)8-15-5-6-18-9-12(17)7-15/h12,17H,4-9H2,1-3H3/t12-/m1/s1. The van der Waals surface area contributed by atoms with Crippen LogP contribution < -0.4 is 0 Å². The van der Waals surface area contributed by atoms with Crippen molar-refractivity contribution in [2.24, 2.45) is 0 Å². The summed E-state index contributed by atoms with van der Waals surface area (Å²) in [5, 5.41) is 14.3. The number of aromatic nitrogens is 2. The van der Waals surface area contributed by atoms with Crippen molar-refractivity contribution in [2.45, 2.75) is 40.0 Å². The Balaban J connectivity index is 2.10. The molecule has 0 aliphatic carbocycles. The topological polar surface area (TPSA) is 50.5 Å². The maximum absolute atomic E-state index is 9.74. The van der Waals surface area contributed by atoms with Crippen LogP contribution in [-0.2, 0) is 17.8 Å². The highest BCUT2D eigenvalue weighted by Gasteiger charge is 2.19. The largest absolute Gasteiger partial charge is 0.389 e. The molecule has 0 amide bonds. The molecule has 2 heterocycles. The van der Waals surface area contributed by atoms with Crippen LogP contribution in [0.1, 0.15) is 23.9 Å². The molecule has 1 aliphatic rings. The zero-order valence-electron chi connectivity index (χ0n) is 11.5. The fraction of sp³-hybridized carbons (Fsp3) is 0.769. The van der Waals surface area contributed by atoms with Crippen LogP contribution in [-0.4, -0.2) is 52.2 Å². The lowest BCUT2D eigenvalue weighted by Crippen LogP contribution is -2.32. The third-order valence-corrected chi connectivity index (χ3v) is 3.54. The summed E-state index contributed by atoms with van der Waals surface area (Å²) in [5.74, 6) is 0. The molecule has 5 heteroatoms. The second kappa shape index (κ2) is 5.82. The van der Waals surface area contributed by atoms with Gasteiger partial charge in [-0.1, -0.05) is 0 Å². The van der Waals surface area contributed by atoms with E-state index in [1.54, 1.807) is 0 Å². The monoisotopic (exact) mass is 253 g/mol. The number of aryl methyl sites for hydroxylation is 2. The van der Waals surface area contributed by atoms with Crippen LogP contribution in [0, 0.1) is 13.8 Å². The minimum absolute atomic E-state index is 0.380. The van der Waals surface area contributed by atoms with Gasteiger partial charge in [0.1, 0.15) is 0 Å². The molecule has 1 fully saturated rings. The molecule has 0 aromatic carbocycles. The highest BCUT2D eigenvalue weighted by Crippen LogP contribution is 2.16. The Morgan fingerprint density at radius 1 is 1.44 bits per heavy atom. The Kier molecular flexibility index (Phi) is 4.37. The van der Waals surface area contributed by atoms with Crippen molar-refractivity contribution in [3.8, 4) is 0 Å². The third-order valence-electron chi connectivity index (χ3n) is 3.54. The first-order chi connectivity index (χ1) is 8.61. The first-order valence-corrected chi connectivity index (χ1v) is 6.62. The van der Waals surface area contributed by atoms with E-state index >= 15 is 0 Å². The molecule has 1 aromatic rings. The zero-order chi connectivity index (χ0) is 13.1. The van der Waals surface area contributed by atoms with Gasteiger partial charge in [-0.3, -0.25) is 9.58 Å². The molecule has 0 radical (unpaired) electrons. The molecule has 0 bridgehead atoms. The quantitative estimate of drug-likeness (QED) is 0.862. The van der Waals surface area contributed by atoms with Crippen LogP contribution in [0.3, 0.4) is 0 Å². The van der Waals surface area contributed by atoms with Gasteiger partial charge in [-0.25, -0.2) is 0 Å². The van der Waals surface area contributed by atoms with Crippen molar-refractivity contribution in [2.75, 3.05) is 26.3 Å². The number of ether oxygens (including phenoxy) is 1. The predicted octanol–water partition coefficient (Wildman–Crippen LogP) is 0.713. The zero-order valence-corrected chi connectivity index (χ0v) is 11.5. The molecule has 0 spiro atoms. The van der Waals surface area contributed by atoms with Crippen molar-refractivity contribution < 1.29 is 9.84 Å². The van der Waals surface area contributed by atoms with Crippen molar-refractivity contribution in [3.05, 3.63) is 17.0 Å². The SMILES string of the molecule is CCn1nc(C)c(CN2CCOC[C@H](O)C2)c1C. The Hall–Kier alpha value is -0.910. The van der Waals surface area contributed by atoms with E-state index in [4.69, 9.17) is 4.74 Å². The molecular formula is C13H23N3O2. The summed E-state index contributed by atoms with van der Waals surface area (Å²) in [6, 6.07) is 0. The Bertz CT molecular complexity index is 403. The van der Waals surface area contributed by atoms with E-state index < -0.39 is 0 Å². The number of β-amino-alcohol motifs (C(OH)–C–C–N with tert-alkyl or cyclic N) is 1. The molecule has 1 aliphatic heterocycles. The average Bonchev–Trinajstić information content (AvgIpc) is 2.53. The summed E-state index contributed by atoms with van der Waals surface area (Å²) in [4.78, 5) is 2.24. The van der Waals surface area contributed by atoms with Crippen LogP contribution in [0.25, 0.3) is 0 Å². The number of hydrogen-bond acceptors (Lipinski definition) is 4. The maximum Gasteiger partial charge on any atom is 0.0900 e. The highest BCUT2D eigenvalue weighted by atomic mass is 16.5. The summed E-state index contributed by atoms with van der Waals surface area (Å²) in [5.41, 5.74) is 3.61. The van der Waals surface area contributed by atoms with E-state index in [0.29, 0.717) is 19.8 Å². The highest BCUT2D eigenvalue weighted by molar-refractivity contribution is 5.24. The number of hydrogen-bond donors (Lipinski definition) is 1. The van der Waals surface area contributed by atoms with Crippen molar-refractivity contribution in [1.82, 2.24) is 14.7 Å². The van der Waals surface area contributed by atoms with Crippen LogP contribution >= 0.6 is 0 Å². The van der Waals surface area contributed by atoms with Gasteiger partial charge >= 0.3 is 0 Å². The average molecular weight is 253 g/mol. The van der Waals surface area contributed by atoms with Gasteiger partial charge < -0.3 is 9.84 Å². The van der Waals surface area contributed by atoms with E-state index in [9.17, 15) is 5.11 Å². The molecule has 102 valence electrons. The van der Waals surface area contributed by atoms with Gasteiger partial charge in [-0.15, -0.1) is 0 Å². The molecule has 2 rings (SSSR count). The number of aliphatic hydroxyl groups is 1. The van der Waals surface area contributed by atoms with E-state index in [-0.39, 0.29) is 6.10 Å². The van der Waals surface area contributed by atoms with E-state index in [2.05, 4.69) is 30.8 Å². The molecule has 18 heavy (non-hydrogen) atoms. The summed E-state index contributed by atoms with van der Waals surface area (Å²) < 4.78 is 7.39. The Morgan fingerprint density at radius 2 is 2.22 bits per heavy atom. The summed E-state index contributed by atoms with van der Waals surface area (Å²) in [6.07, 6.45) is -0.380. The molecule has 1 N–H and O–H groups in total. The van der Waals surface area contributed by atoms with Crippen LogP contribution in [0.4, 0.5) is 0 Å². The van der Waals surface area contributed by atoms with Crippen molar-refractivity contribution in [3.63, 3.8) is 0 Å². The first kappa shape index (κ1) is 13.5. The third kappa shape index (κ3) is 2.91. The minimum atomic E-state index is -0.380. The fourth-order valence-corrected chi connectivity index (χ4v) is 2.49. The van der Waals surface area contributed by atoms with E-state index in [1.165, 1.54) is 11.3 Å². The summed E-state index contributed by atoms with van der Waals surface area (Å²) in [7, 11) is 0. The molecule has 1 saturated heterocycles. The normalized spacial score (nSPS) is 22.1. The lowest BCUT2D eigenvalue weighted by atomic mass is 10.1. The molecule has 0 saturated carbocycles. The van der Waals surface area contributed by atoms with Crippen LogP contribution in [0.15, 0.2) is 0 Å². The molecule has 1 aromatic heterocycles. The van der Waals surface area contributed by atoms with Gasteiger partial charge in [0, 0.05) is 37.4 Å².